The maximum atomic E-state index is 8.15. The summed E-state index contributed by atoms with van der Waals surface area (Å²) in [7, 11) is -105. The molecular formula is C64H168O28Si28. The maximum absolute atomic E-state index is 8.15. The Morgan fingerprint density at radius 1 is 0.150 bits per heavy atom. The summed E-state index contributed by atoms with van der Waals surface area (Å²) in [5.41, 5.74) is 14.9. The Morgan fingerprint density at radius 3 is 0.325 bits per heavy atom. The zero-order valence-electron chi connectivity index (χ0n) is 83.7. The minimum Gasteiger partial charge on any atom is -0.433 e. The van der Waals surface area contributed by atoms with Crippen LogP contribution in [0.1, 0.15) is 0 Å². The molecule has 0 amide bonds. The average Bonchev–Trinajstić information content (AvgIpc) is 0.632. The summed E-state index contributed by atoms with van der Waals surface area (Å²) in [6, 6.07) is 0. The third kappa shape index (κ3) is 45.7. The Hall–Kier alpha value is 2.87. The minimum absolute atomic E-state index is 1.83. The SMILES string of the molecule is C=C[Si](C)(C)O[Si](C)(C)O[Si](C)(C)O[Si]1(O[Si](C)(C)O[Si](C)(C)C=C)O[Si](C)(C)O[Si](O[Si](C)(C)O[Si](C)(C)C=C)(O[Si](C)(C)O[Si](C)(C)O[Si](C)(C)C=C)O[Si](C)(C)O[Si](O[Si](C)(C)O[Si](C)(C)C=C)(O[Si](C)(C)O[Si](C)(C)O[Si](C)(C)C=C)O[Si](C)(C)O[Si](O[Si](C)(C)O[Si](C)(C)C=C)(O[Si](C)(C)O[Si](C)(C)O[Si](C)(C)C=C)O[Si](C)(C)O1. The highest BCUT2D eigenvalue weighted by atomic mass is 28.6. The fourth-order valence-corrected chi connectivity index (χ4v) is 136. The fourth-order valence-electron chi connectivity index (χ4n) is 13.4. The summed E-state index contributed by atoms with van der Waals surface area (Å²) in [4.78, 5) is 0. The van der Waals surface area contributed by atoms with Gasteiger partial charge in [0.15, 0.2) is 66.5 Å². The lowest BCUT2D eigenvalue weighted by Gasteiger charge is -2.51. The van der Waals surface area contributed by atoms with E-state index in [4.69, 9.17) is 115 Å². The van der Waals surface area contributed by atoms with E-state index in [0.29, 0.717) is 0 Å². The quantitative estimate of drug-likeness (QED) is 0.0513. The zero-order valence-corrected chi connectivity index (χ0v) is 112. The second-order valence-corrected chi connectivity index (χ2v) is 142. The molecule has 0 saturated carbocycles. The molecule has 704 valence electrons. The van der Waals surface area contributed by atoms with Crippen molar-refractivity contribution >= 4 is 240 Å². The molecule has 0 unspecified atom stereocenters. The largest absolute Gasteiger partial charge is 0.643 e. The lowest BCUT2D eigenvalue weighted by molar-refractivity contribution is 0.0533. The Morgan fingerprint density at radius 2 is 0.233 bits per heavy atom. The molecule has 0 N–H and O–H groups in total. The molecule has 0 aliphatic carbocycles. The first kappa shape index (κ1) is 121. The van der Waals surface area contributed by atoms with Crippen molar-refractivity contribution in [1.29, 1.82) is 0 Å². The molecule has 1 aliphatic heterocycles. The van der Waals surface area contributed by atoms with Gasteiger partial charge in [0.2, 0.25) is 0 Å². The molecule has 0 aromatic rings. The summed E-state index contributed by atoms with van der Waals surface area (Å²) in [5, 5.41) is 0. The molecule has 1 aliphatic rings. The first-order valence-corrected chi connectivity index (χ1v) is 116. The van der Waals surface area contributed by atoms with Gasteiger partial charge in [-0.15, -0.1) is 52.6 Å². The van der Waals surface area contributed by atoms with Crippen LogP contribution in [0.2, 0.25) is 314 Å². The third-order valence-electron chi connectivity index (χ3n) is 15.9. The van der Waals surface area contributed by atoms with Gasteiger partial charge in [0.05, 0.1) is 0 Å². The Bertz CT molecular complexity index is 3010. The van der Waals surface area contributed by atoms with E-state index in [9.17, 15) is 0 Å². The van der Waals surface area contributed by atoms with Gasteiger partial charge in [-0.1, -0.05) is 45.6 Å². The van der Waals surface area contributed by atoms with E-state index >= 15 is 0 Å². The van der Waals surface area contributed by atoms with Crippen molar-refractivity contribution in [3.05, 3.63) is 98.2 Å². The van der Waals surface area contributed by atoms with Gasteiger partial charge in [-0.3, -0.25) is 0 Å². The number of rotatable bonds is 48. The molecule has 0 spiro atoms. The molecule has 1 saturated heterocycles. The topological polar surface area (TPSA) is 258 Å². The Kier molecular flexibility index (Phi) is 41.9. The minimum atomic E-state index is -5.36. The summed E-state index contributed by atoms with van der Waals surface area (Å²) < 4.78 is 216. The van der Waals surface area contributed by atoms with E-state index in [2.05, 4.69) is 105 Å². The lowest BCUT2D eigenvalue weighted by atomic mass is 11.3. The molecule has 0 atom stereocenters. The number of hydrogen-bond acceptors (Lipinski definition) is 28. The van der Waals surface area contributed by atoms with Crippen LogP contribution in [0.25, 0.3) is 0 Å². The van der Waals surface area contributed by atoms with Gasteiger partial charge in [-0.05, 0) is 314 Å². The molecule has 1 rings (SSSR count). The standard InChI is InChI=1S/C64H168O28Si28/c1-57-93(9,10)65-101(25,26)73-109(41,42)81-117(77-105(33,34)69-97(17,18)61-5)85-113(49,50)87-118(78-106(35,36)70-98(19,20)62-6,82-110(43,44)74-102(27,28)66-94(11,12)58-2)89-115(53,54)91-120(80-108(39,40)72-100(23,24)64-8,84-112(47,48)76-104(31,32)68-96(15,16)60-4)92-116(55,56)90-119(88-114(51,52)86-117,79-107(37,38)71-99(21,22)63-7)83-111(45,46)75-103(29,30)67-95(13,14)59-3/h57-64H,1-8H2,9-56H3. The predicted molar refractivity (Wildman–Crippen MR) is 555 cm³/mol. The third-order valence-corrected chi connectivity index (χ3v) is 120. The second-order valence-electron chi connectivity index (χ2n) is 41.7. The van der Waals surface area contributed by atoms with Crippen molar-refractivity contribution in [2.75, 3.05) is 0 Å². The van der Waals surface area contributed by atoms with Crippen LogP contribution in [0.3, 0.4) is 0 Å². The summed E-state index contributed by atoms with van der Waals surface area (Å²) in [5.74, 6) is 0. The first-order valence-electron chi connectivity index (χ1n) is 41.0. The van der Waals surface area contributed by atoms with Gasteiger partial charge in [0.1, 0.15) is 0 Å². The van der Waals surface area contributed by atoms with Gasteiger partial charge in [0.25, 0.3) is 0 Å². The molecule has 0 aromatic heterocycles. The van der Waals surface area contributed by atoms with Crippen LogP contribution in [0.15, 0.2) is 98.2 Å². The van der Waals surface area contributed by atoms with Gasteiger partial charge in [-0.25, -0.2) is 0 Å². The van der Waals surface area contributed by atoms with E-state index in [1.165, 1.54) is 0 Å². The van der Waals surface area contributed by atoms with Crippen molar-refractivity contribution in [2.45, 2.75) is 314 Å². The van der Waals surface area contributed by atoms with Crippen LogP contribution in [-0.2, 0) is 115 Å². The fraction of sp³-hybridized carbons (Fsp3) is 0.750. The molecule has 0 aromatic carbocycles. The Balaban J connectivity index is 6.19. The molecule has 0 bridgehead atoms. The predicted octanol–water partition coefficient (Wildman–Crippen LogP) is 20.9. The number of hydrogen-bond donors (Lipinski definition) is 0. The van der Waals surface area contributed by atoms with Crippen LogP contribution in [0.5, 0.6) is 0 Å². The maximum Gasteiger partial charge on any atom is 0.643 e. The van der Waals surface area contributed by atoms with Gasteiger partial charge >= 0.3 is 173 Å². The lowest BCUT2D eigenvalue weighted by Crippen LogP contribution is -2.76. The van der Waals surface area contributed by atoms with Crippen molar-refractivity contribution < 1.29 is 115 Å². The first-order chi connectivity index (χ1) is 52.3. The molecule has 28 nitrogen and oxygen atoms in total. The van der Waals surface area contributed by atoms with Gasteiger partial charge < -0.3 is 115 Å². The second kappa shape index (κ2) is 41.6. The smallest absolute Gasteiger partial charge is 0.433 e. The van der Waals surface area contributed by atoms with E-state index in [0.717, 1.165) is 0 Å². The van der Waals surface area contributed by atoms with Crippen molar-refractivity contribution in [2.24, 2.45) is 0 Å². The molecular weight excluding hydrogens is 2000 g/mol. The van der Waals surface area contributed by atoms with Gasteiger partial charge in [-0.2, -0.15) is 0 Å². The van der Waals surface area contributed by atoms with Crippen LogP contribution < -0.4 is 0 Å². The molecule has 1 fully saturated rings. The van der Waals surface area contributed by atoms with Crippen LogP contribution in [0, 0.1) is 0 Å². The van der Waals surface area contributed by atoms with E-state index in [-0.39, 0.29) is 0 Å². The summed E-state index contributed by atoms with van der Waals surface area (Å²) in [6.45, 7) is 128. The highest BCUT2D eigenvalue weighted by Gasteiger charge is 2.73. The van der Waals surface area contributed by atoms with Crippen LogP contribution in [-0.4, -0.2) is 240 Å². The summed E-state index contributed by atoms with van der Waals surface area (Å²) >= 11 is 0. The van der Waals surface area contributed by atoms with E-state index < -0.39 is 240 Å². The molecule has 0 radical (unpaired) electrons. The van der Waals surface area contributed by atoms with Crippen molar-refractivity contribution in [3.8, 4) is 0 Å². The highest BCUT2D eigenvalue weighted by molar-refractivity contribution is 7.02. The average molecular weight is 2170 g/mol. The molecule has 120 heavy (non-hydrogen) atoms. The van der Waals surface area contributed by atoms with Crippen LogP contribution >= 0.6 is 0 Å². The summed E-state index contributed by atoms with van der Waals surface area (Å²) in [6.07, 6.45) is 0. The highest BCUT2D eigenvalue weighted by Crippen LogP contribution is 2.44. The van der Waals surface area contributed by atoms with Crippen LogP contribution in [0.4, 0.5) is 0 Å². The van der Waals surface area contributed by atoms with Gasteiger partial charge in [0, 0.05) is 0 Å². The van der Waals surface area contributed by atoms with E-state index in [1.54, 1.807) is 0 Å². The van der Waals surface area contributed by atoms with Crippen molar-refractivity contribution in [1.82, 2.24) is 0 Å². The molecule has 1 heterocycles. The zero-order chi connectivity index (χ0) is 95.5. The normalized spacial score (nSPS) is 23.1. The van der Waals surface area contributed by atoms with Crippen molar-refractivity contribution in [3.63, 3.8) is 0 Å². The monoisotopic (exact) mass is 2170 g/mol. The van der Waals surface area contributed by atoms with E-state index in [1.807, 2.05) is 307 Å². The Labute approximate surface area is 760 Å². The molecule has 56 heteroatoms.